The lowest BCUT2D eigenvalue weighted by atomic mass is 10.1. The van der Waals surface area contributed by atoms with E-state index in [9.17, 15) is 0 Å². The van der Waals surface area contributed by atoms with Crippen LogP contribution in [0.25, 0.3) is 22.2 Å². The highest BCUT2D eigenvalue weighted by Crippen LogP contribution is 2.22. The zero-order valence-corrected chi connectivity index (χ0v) is 9.17. The third kappa shape index (κ3) is 1.83. The Hall–Kier alpha value is -2.42. The first-order valence-electron chi connectivity index (χ1n) is 5.40. The number of nitrogens with two attached hydrogens (primary N) is 1. The average molecular weight is 221 g/mol. The minimum Gasteiger partial charge on any atom is -0.397 e. The van der Waals surface area contributed by atoms with Gasteiger partial charge in [-0.25, -0.2) is 0 Å². The molecule has 2 heterocycles. The van der Waals surface area contributed by atoms with E-state index in [1.165, 1.54) is 0 Å². The number of benzene rings is 1. The smallest absolute Gasteiger partial charge is 0.0703 e. The van der Waals surface area contributed by atoms with Crippen LogP contribution in [0.2, 0.25) is 0 Å². The quantitative estimate of drug-likeness (QED) is 0.687. The molecule has 3 nitrogen and oxygen atoms in total. The zero-order chi connectivity index (χ0) is 11.7. The molecule has 2 aromatic heterocycles. The van der Waals surface area contributed by atoms with Gasteiger partial charge in [0.25, 0.3) is 0 Å². The highest BCUT2D eigenvalue weighted by atomic mass is 14.7. The third-order valence-electron chi connectivity index (χ3n) is 2.69. The van der Waals surface area contributed by atoms with Crippen LogP contribution in [-0.2, 0) is 0 Å². The molecule has 0 bridgehead atoms. The lowest BCUT2D eigenvalue weighted by molar-refractivity contribution is 1.33. The molecule has 0 aliphatic heterocycles. The summed E-state index contributed by atoms with van der Waals surface area (Å²) in [6, 6.07) is 13.9. The number of hydrogen-bond donors (Lipinski definition) is 1. The van der Waals surface area contributed by atoms with Crippen molar-refractivity contribution in [2.45, 2.75) is 0 Å². The maximum absolute atomic E-state index is 5.62. The van der Waals surface area contributed by atoms with Gasteiger partial charge in [0.05, 0.1) is 23.1 Å². The van der Waals surface area contributed by atoms with E-state index in [1.54, 1.807) is 12.4 Å². The van der Waals surface area contributed by atoms with Crippen LogP contribution in [0, 0.1) is 0 Å². The Morgan fingerprint density at radius 3 is 2.71 bits per heavy atom. The van der Waals surface area contributed by atoms with E-state index in [0.29, 0.717) is 5.69 Å². The van der Waals surface area contributed by atoms with Gasteiger partial charge in [-0.15, -0.1) is 0 Å². The summed E-state index contributed by atoms with van der Waals surface area (Å²) in [7, 11) is 0. The van der Waals surface area contributed by atoms with Gasteiger partial charge in [0.15, 0.2) is 0 Å². The summed E-state index contributed by atoms with van der Waals surface area (Å²) in [5.74, 6) is 0. The Morgan fingerprint density at radius 2 is 1.88 bits per heavy atom. The number of fused-ring (bicyclic) bond motifs is 1. The first-order valence-corrected chi connectivity index (χ1v) is 5.40. The standard InChI is InChI=1S/C14H11N3/c15-12-4-6-14(17-9-12)11-3-5-13-10(8-11)2-1-7-16-13/h1-9H,15H2. The van der Waals surface area contributed by atoms with Crippen LogP contribution in [0.5, 0.6) is 0 Å². The molecule has 1 aromatic carbocycles. The summed E-state index contributed by atoms with van der Waals surface area (Å²) >= 11 is 0. The predicted molar refractivity (Wildman–Crippen MR) is 69.4 cm³/mol. The van der Waals surface area contributed by atoms with Gasteiger partial charge in [-0.3, -0.25) is 9.97 Å². The molecular weight excluding hydrogens is 210 g/mol. The fourth-order valence-corrected chi connectivity index (χ4v) is 1.81. The molecule has 3 aromatic rings. The number of nitrogens with zero attached hydrogens (tertiary/aromatic N) is 2. The topological polar surface area (TPSA) is 51.8 Å². The lowest BCUT2D eigenvalue weighted by Gasteiger charge is -2.03. The van der Waals surface area contributed by atoms with E-state index in [0.717, 1.165) is 22.2 Å². The van der Waals surface area contributed by atoms with Crippen LogP contribution < -0.4 is 5.73 Å². The van der Waals surface area contributed by atoms with Gasteiger partial charge in [-0.1, -0.05) is 12.1 Å². The normalized spacial score (nSPS) is 10.6. The largest absolute Gasteiger partial charge is 0.397 e. The molecule has 0 aliphatic rings. The van der Waals surface area contributed by atoms with Crippen LogP contribution in [0.15, 0.2) is 54.9 Å². The van der Waals surface area contributed by atoms with Crippen LogP contribution in [0.3, 0.4) is 0 Å². The third-order valence-corrected chi connectivity index (χ3v) is 2.69. The average Bonchev–Trinajstić information content (AvgIpc) is 2.39. The van der Waals surface area contributed by atoms with E-state index >= 15 is 0 Å². The number of nitrogen functional groups attached to an aromatic ring is 1. The Labute approximate surface area is 98.9 Å². The van der Waals surface area contributed by atoms with Gasteiger partial charge < -0.3 is 5.73 Å². The van der Waals surface area contributed by atoms with E-state index in [4.69, 9.17) is 5.73 Å². The lowest BCUT2D eigenvalue weighted by Crippen LogP contribution is -1.88. The maximum Gasteiger partial charge on any atom is 0.0703 e. The Bertz CT molecular complexity index is 660. The number of hydrogen-bond acceptors (Lipinski definition) is 3. The van der Waals surface area contributed by atoms with Crippen LogP contribution in [0.4, 0.5) is 5.69 Å². The first kappa shape index (κ1) is 9.78. The summed E-state index contributed by atoms with van der Waals surface area (Å²) in [6.45, 7) is 0. The molecule has 0 unspecified atom stereocenters. The summed E-state index contributed by atoms with van der Waals surface area (Å²) < 4.78 is 0. The van der Waals surface area contributed by atoms with Crippen molar-refractivity contribution in [3.63, 3.8) is 0 Å². The van der Waals surface area contributed by atoms with Crippen molar-refractivity contribution < 1.29 is 0 Å². The molecule has 0 saturated heterocycles. The van der Waals surface area contributed by atoms with E-state index < -0.39 is 0 Å². The molecule has 3 heteroatoms. The molecule has 0 aliphatic carbocycles. The van der Waals surface area contributed by atoms with E-state index in [1.807, 2.05) is 36.4 Å². The molecule has 0 amide bonds. The number of pyridine rings is 2. The van der Waals surface area contributed by atoms with Gasteiger partial charge in [0.1, 0.15) is 0 Å². The fraction of sp³-hybridized carbons (Fsp3) is 0. The number of rotatable bonds is 1. The van der Waals surface area contributed by atoms with Crippen LogP contribution in [-0.4, -0.2) is 9.97 Å². The zero-order valence-electron chi connectivity index (χ0n) is 9.17. The van der Waals surface area contributed by atoms with Crippen molar-refractivity contribution in [2.75, 3.05) is 5.73 Å². The minimum absolute atomic E-state index is 0.677. The molecule has 0 atom stereocenters. The molecule has 3 rings (SSSR count). The van der Waals surface area contributed by atoms with Crippen molar-refractivity contribution in [1.29, 1.82) is 0 Å². The Kier molecular flexibility index (Phi) is 2.22. The van der Waals surface area contributed by atoms with Crippen molar-refractivity contribution in [1.82, 2.24) is 9.97 Å². The fourth-order valence-electron chi connectivity index (χ4n) is 1.81. The summed E-state index contributed by atoms with van der Waals surface area (Å²) in [6.07, 6.45) is 3.46. The van der Waals surface area contributed by atoms with Crippen LogP contribution >= 0.6 is 0 Å². The highest BCUT2D eigenvalue weighted by molar-refractivity contribution is 5.83. The molecule has 82 valence electrons. The van der Waals surface area contributed by atoms with Gasteiger partial charge in [-0.05, 0) is 30.3 Å². The van der Waals surface area contributed by atoms with Gasteiger partial charge in [0, 0.05) is 17.1 Å². The monoisotopic (exact) mass is 221 g/mol. The summed E-state index contributed by atoms with van der Waals surface area (Å²) in [4.78, 5) is 8.60. The summed E-state index contributed by atoms with van der Waals surface area (Å²) in [5.41, 5.74) is 9.29. The van der Waals surface area contributed by atoms with Crippen molar-refractivity contribution in [3.8, 4) is 11.3 Å². The van der Waals surface area contributed by atoms with Gasteiger partial charge in [0.2, 0.25) is 0 Å². The predicted octanol–water partition coefficient (Wildman–Crippen LogP) is 2.88. The molecule has 2 N–H and O–H groups in total. The van der Waals surface area contributed by atoms with E-state index in [-0.39, 0.29) is 0 Å². The molecule has 0 spiro atoms. The second-order valence-corrected chi connectivity index (χ2v) is 3.89. The number of anilines is 1. The molecule has 0 radical (unpaired) electrons. The van der Waals surface area contributed by atoms with Crippen molar-refractivity contribution in [3.05, 3.63) is 54.9 Å². The second-order valence-electron chi connectivity index (χ2n) is 3.89. The van der Waals surface area contributed by atoms with Gasteiger partial charge in [-0.2, -0.15) is 0 Å². The number of aromatic nitrogens is 2. The second kappa shape index (κ2) is 3.87. The Balaban J connectivity index is 2.14. The Morgan fingerprint density at radius 1 is 0.941 bits per heavy atom. The first-order chi connectivity index (χ1) is 8.33. The molecular formula is C14H11N3. The van der Waals surface area contributed by atoms with Gasteiger partial charge >= 0.3 is 0 Å². The highest BCUT2D eigenvalue weighted by Gasteiger charge is 2.00. The minimum atomic E-state index is 0.677. The van der Waals surface area contributed by atoms with Crippen molar-refractivity contribution in [2.24, 2.45) is 0 Å². The van der Waals surface area contributed by atoms with Crippen LogP contribution in [0.1, 0.15) is 0 Å². The molecule has 17 heavy (non-hydrogen) atoms. The van der Waals surface area contributed by atoms with Crippen molar-refractivity contribution >= 4 is 16.6 Å². The SMILES string of the molecule is Nc1ccc(-c2ccc3ncccc3c2)nc1. The van der Waals surface area contributed by atoms with E-state index in [2.05, 4.69) is 16.0 Å². The maximum atomic E-state index is 5.62. The molecule has 0 fully saturated rings. The summed E-state index contributed by atoms with van der Waals surface area (Å²) in [5, 5.41) is 1.11. The molecule has 0 saturated carbocycles.